The minimum Gasteiger partial charge on any atom is -0.382 e. The maximum atomic E-state index is 13.5. The minimum absolute atomic E-state index is 0.303. The van der Waals surface area contributed by atoms with Crippen molar-refractivity contribution in [3.8, 4) is 22.4 Å². The molecule has 3 N–H and O–H groups in total. The number of nitrogens with zero attached hydrogens (tertiary/aromatic N) is 1. The molecule has 0 fully saturated rings. The number of H-pyrrole nitrogens is 1. The number of hydrogen-bond acceptors (Lipinski definition) is 2. The highest BCUT2D eigenvalue weighted by Crippen LogP contribution is 2.38. The standard InChI is InChI=1S/C16H13BrFN3/c1-9-4-2-7-12(14(9)17)15-13(16(19)21-20-15)10-5-3-6-11(18)8-10/h2-8H,1H3,(H3,19,20,21). The van der Waals surface area contributed by atoms with Gasteiger partial charge in [-0.1, -0.05) is 30.3 Å². The number of anilines is 1. The predicted octanol–water partition coefficient (Wildman–Crippen LogP) is 4.54. The summed E-state index contributed by atoms with van der Waals surface area (Å²) in [6, 6.07) is 12.3. The van der Waals surface area contributed by atoms with Crippen molar-refractivity contribution in [1.82, 2.24) is 10.2 Å². The van der Waals surface area contributed by atoms with Crippen LogP contribution in [-0.4, -0.2) is 10.2 Å². The Balaban J connectivity index is 2.24. The Bertz CT molecular complexity index is 811. The number of nitrogens with two attached hydrogens (primary N) is 1. The van der Waals surface area contributed by atoms with E-state index in [0.717, 1.165) is 21.3 Å². The van der Waals surface area contributed by atoms with Gasteiger partial charge in [-0.25, -0.2) is 4.39 Å². The third-order valence-corrected chi connectivity index (χ3v) is 4.42. The van der Waals surface area contributed by atoms with E-state index in [4.69, 9.17) is 5.73 Å². The summed E-state index contributed by atoms with van der Waals surface area (Å²) in [5.74, 6) is 0.0476. The molecular formula is C16H13BrFN3. The second-order valence-corrected chi connectivity index (χ2v) is 5.60. The molecule has 0 aliphatic rings. The summed E-state index contributed by atoms with van der Waals surface area (Å²) in [4.78, 5) is 0. The second-order valence-electron chi connectivity index (χ2n) is 4.81. The van der Waals surface area contributed by atoms with E-state index in [9.17, 15) is 4.39 Å². The summed E-state index contributed by atoms with van der Waals surface area (Å²) in [5.41, 5.74) is 10.2. The van der Waals surface area contributed by atoms with E-state index < -0.39 is 0 Å². The first-order chi connectivity index (χ1) is 10.1. The molecule has 1 aromatic heterocycles. The molecule has 0 saturated carbocycles. The predicted molar refractivity (Wildman–Crippen MR) is 86.3 cm³/mol. The summed E-state index contributed by atoms with van der Waals surface area (Å²) in [5, 5.41) is 7.03. The van der Waals surface area contributed by atoms with E-state index in [0.29, 0.717) is 16.9 Å². The first kappa shape index (κ1) is 13.8. The van der Waals surface area contributed by atoms with E-state index in [1.165, 1.54) is 12.1 Å². The molecule has 0 saturated heterocycles. The number of halogens is 2. The highest BCUT2D eigenvalue weighted by Gasteiger charge is 2.17. The van der Waals surface area contributed by atoms with E-state index in [-0.39, 0.29) is 5.82 Å². The van der Waals surface area contributed by atoms with Gasteiger partial charge >= 0.3 is 0 Å². The first-order valence-corrected chi connectivity index (χ1v) is 7.22. The van der Waals surface area contributed by atoms with Crippen molar-refractivity contribution in [2.75, 3.05) is 5.73 Å². The highest BCUT2D eigenvalue weighted by atomic mass is 79.9. The zero-order chi connectivity index (χ0) is 15.0. The van der Waals surface area contributed by atoms with Crippen molar-refractivity contribution >= 4 is 21.7 Å². The Morgan fingerprint density at radius 3 is 2.71 bits per heavy atom. The summed E-state index contributed by atoms with van der Waals surface area (Å²) in [6.45, 7) is 2.01. The molecule has 3 nitrogen and oxygen atoms in total. The maximum Gasteiger partial charge on any atom is 0.153 e. The molecular weight excluding hydrogens is 333 g/mol. The van der Waals surface area contributed by atoms with Crippen molar-refractivity contribution < 1.29 is 4.39 Å². The van der Waals surface area contributed by atoms with Crippen LogP contribution in [0.15, 0.2) is 46.9 Å². The number of nitrogen functional groups attached to an aromatic ring is 1. The van der Waals surface area contributed by atoms with Gasteiger partial charge in [0.1, 0.15) is 5.82 Å². The fourth-order valence-corrected chi connectivity index (χ4v) is 2.79. The normalized spacial score (nSPS) is 10.8. The molecule has 0 aliphatic carbocycles. The number of aromatic amines is 1. The van der Waals surface area contributed by atoms with Crippen molar-refractivity contribution in [3.05, 3.63) is 58.3 Å². The average molecular weight is 346 g/mol. The minimum atomic E-state index is -0.303. The van der Waals surface area contributed by atoms with Crippen molar-refractivity contribution in [3.63, 3.8) is 0 Å². The largest absolute Gasteiger partial charge is 0.382 e. The number of hydrogen-bond donors (Lipinski definition) is 2. The molecule has 0 amide bonds. The van der Waals surface area contributed by atoms with E-state index >= 15 is 0 Å². The zero-order valence-electron chi connectivity index (χ0n) is 11.3. The Kier molecular flexibility index (Phi) is 3.51. The van der Waals surface area contributed by atoms with Crippen molar-refractivity contribution in [1.29, 1.82) is 0 Å². The maximum absolute atomic E-state index is 13.5. The molecule has 0 unspecified atom stereocenters. The van der Waals surface area contributed by atoms with Gasteiger partial charge in [0.05, 0.1) is 11.3 Å². The third kappa shape index (κ3) is 2.45. The molecule has 3 rings (SSSR count). The smallest absolute Gasteiger partial charge is 0.153 e. The van der Waals surface area contributed by atoms with Crippen LogP contribution in [0.4, 0.5) is 10.2 Å². The van der Waals surface area contributed by atoms with Crippen molar-refractivity contribution in [2.45, 2.75) is 6.92 Å². The average Bonchev–Trinajstić information content (AvgIpc) is 2.83. The van der Waals surface area contributed by atoms with E-state index in [1.807, 2.05) is 31.2 Å². The molecule has 5 heteroatoms. The van der Waals surface area contributed by atoms with Crippen LogP contribution in [0.3, 0.4) is 0 Å². The highest BCUT2D eigenvalue weighted by molar-refractivity contribution is 9.10. The van der Waals surface area contributed by atoms with Gasteiger partial charge in [0.15, 0.2) is 5.82 Å². The fraction of sp³-hybridized carbons (Fsp3) is 0.0625. The zero-order valence-corrected chi connectivity index (χ0v) is 12.9. The Labute approximate surface area is 130 Å². The van der Waals surface area contributed by atoms with Gasteiger partial charge < -0.3 is 5.73 Å². The lowest BCUT2D eigenvalue weighted by molar-refractivity contribution is 0.628. The van der Waals surface area contributed by atoms with E-state index in [2.05, 4.69) is 26.1 Å². The second kappa shape index (κ2) is 5.33. The Morgan fingerprint density at radius 1 is 1.19 bits per heavy atom. The number of nitrogens with one attached hydrogen (secondary N) is 1. The van der Waals surface area contributed by atoms with Crippen molar-refractivity contribution in [2.24, 2.45) is 0 Å². The molecule has 0 aliphatic heterocycles. The number of aromatic nitrogens is 2. The van der Waals surface area contributed by atoms with Gasteiger partial charge in [-0.3, -0.25) is 5.10 Å². The lowest BCUT2D eigenvalue weighted by Crippen LogP contribution is -1.90. The summed E-state index contributed by atoms with van der Waals surface area (Å²) in [7, 11) is 0. The van der Waals surface area contributed by atoms with Crippen LogP contribution in [0.2, 0.25) is 0 Å². The molecule has 3 aromatic rings. The first-order valence-electron chi connectivity index (χ1n) is 6.43. The molecule has 0 radical (unpaired) electrons. The quantitative estimate of drug-likeness (QED) is 0.716. The molecule has 0 bridgehead atoms. The SMILES string of the molecule is Cc1cccc(-c2[nH]nc(N)c2-c2cccc(F)c2)c1Br. The summed E-state index contributed by atoms with van der Waals surface area (Å²) in [6.07, 6.45) is 0. The Hall–Kier alpha value is -2.14. The van der Waals surface area contributed by atoms with Gasteiger partial charge in [-0.15, -0.1) is 0 Å². The third-order valence-electron chi connectivity index (χ3n) is 3.37. The van der Waals surface area contributed by atoms with Gasteiger partial charge in [0.25, 0.3) is 0 Å². The van der Waals surface area contributed by atoms with Crippen LogP contribution >= 0.6 is 15.9 Å². The molecule has 2 aromatic carbocycles. The molecule has 21 heavy (non-hydrogen) atoms. The lowest BCUT2D eigenvalue weighted by atomic mass is 10.00. The van der Waals surface area contributed by atoms with Gasteiger partial charge in [0.2, 0.25) is 0 Å². The van der Waals surface area contributed by atoms with Gasteiger partial charge in [-0.2, -0.15) is 5.10 Å². The van der Waals surface area contributed by atoms with Crippen LogP contribution < -0.4 is 5.73 Å². The lowest BCUT2D eigenvalue weighted by Gasteiger charge is -2.08. The number of benzene rings is 2. The number of rotatable bonds is 2. The van der Waals surface area contributed by atoms with Crippen LogP contribution in [0.1, 0.15) is 5.56 Å². The molecule has 106 valence electrons. The van der Waals surface area contributed by atoms with Gasteiger partial charge in [-0.05, 0) is 46.1 Å². The topological polar surface area (TPSA) is 54.7 Å². The summed E-state index contributed by atoms with van der Waals surface area (Å²) >= 11 is 3.58. The molecule has 0 spiro atoms. The number of aryl methyl sites for hydroxylation is 1. The van der Waals surface area contributed by atoms with Crippen LogP contribution in [0.25, 0.3) is 22.4 Å². The van der Waals surface area contributed by atoms with Crippen LogP contribution in [0.5, 0.6) is 0 Å². The monoisotopic (exact) mass is 345 g/mol. The van der Waals surface area contributed by atoms with Crippen LogP contribution in [-0.2, 0) is 0 Å². The fourth-order valence-electron chi connectivity index (χ4n) is 2.33. The summed E-state index contributed by atoms with van der Waals surface area (Å²) < 4.78 is 14.5. The van der Waals surface area contributed by atoms with E-state index in [1.54, 1.807) is 6.07 Å². The molecule has 1 heterocycles. The Morgan fingerprint density at radius 2 is 1.95 bits per heavy atom. The van der Waals surface area contributed by atoms with Crippen LogP contribution in [0, 0.1) is 12.7 Å². The molecule has 0 atom stereocenters. The van der Waals surface area contributed by atoms with Gasteiger partial charge in [0, 0.05) is 10.0 Å².